The van der Waals surface area contributed by atoms with Crippen LogP contribution in [0.2, 0.25) is 10.0 Å². The van der Waals surface area contributed by atoms with E-state index in [-0.39, 0.29) is 40.2 Å². The van der Waals surface area contributed by atoms with Crippen LogP contribution in [0.25, 0.3) is 0 Å². The number of nitrogens with one attached hydrogen (secondary N) is 1. The molecule has 232 valence electrons. The van der Waals surface area contributed by atoms with E-state index >= 15 is 0 Å². The second kappa shape index (κ2) is 15.3. The molecule has 1 N–H and O–H groups in total. The quantitative estimate of drug-likeness (QED) is 0.240. The average Bonchev–Trinajstić information content (AvgIpc) is 3.00. The van der Waals surface area contributed by atoms with Gasteiger partial charge in [0.1, 0.15) is 18.4 Å². The minimum absolute atomic E-state index is 0.0440. The molecular weight excluding hydrogens is 620 g/mol. The minimum atomic E-state index is -4.42. The van der Waals surface area contributed by atoms with Crippen molar-refractivity contribution in [3.63, 3.8) is 0 Å². The fourth-order valence-corrected chi connectivity index (χ4v) is 6.11. The number of methoxy groups -OCH3 is 2. The monoisotopic (exact) mass is 653 g/mol. The van der Waals surface area contributed by atoms with Gasteiger partial charge in [0.15, 0.2) is 11.5 Å². The molecule has 0 radical (unpaired) electrons. The summed E-state index contributed by atoms with van der Waals surface area (Å²) in [5, 5.41) is 3.40. The molecular formula is C30H34Cl2FN3O6S. The minimum Gasteiger partial charge on any atom is -0.493 e. The van der Waals surface area contributed by atoms with Crippen LogP contribution in [0.4, 0.5) is 10.1 Å². The summed E-state index contributed by atoms with van der Waals surface area (Å²) in [4.78, 5) is 28.4. The van der Waals surface area contributed by atoms with E-state index in [9.17, 15) is 22.4 Å². The second-order valence-corrected chi connectivity index (χ2v) is 12.2. The molecule has 0 heterocycles. The molecule has 0 saturated carbocycles. The standard InChI is InChI=1S/C30H34Cl2FN3O6S/c1-5-15-34-30(38)26(6-2)35(18-20-7-13-24(31)25(32)16-20)29(37)19-36(22-10-8-21(33)9-11-22)43(39,40)23-12-14-27(41-3)28(17-23)42-4/h7-14,16-17,26H,5-6,15,18-19H2,1-4H3,(H,34,38). The maximum absolute atomic E-state index is 14.1. The normalized spacial score (nSPS) is 11.9. The van der Waals surface area contributed by atoms with Gasteiger partial charge in [-0.25, -0.2) is 12.8 Å². The summed E-state index contributed by atoms with van der Waals surface area (Å²) in [6.07, 6.45) is 0.937. The van der Waals surface area contributed by atoms with Crippen LogP contribution >= 0.6 is 23.2 Å². The molecule has 0 saturated heterocycles. The molecule has 13 heteroatoms. The van der Waals surface area contributed by atoms with E-state index in [0.29, 0.717) is 29.3 Å². The topological polar surface area (TPSA) is 105 Å². The predicted molar refractivity (Wildman–Crippen MR) is 165 cm³/mol. The number of benzene rings is 3. The van der Waals surface area contributed by atoms with Crippen LogP contribution in [0.15, 0.2) is 65.6 Å². The van der Waals surface area contributed by atoms with Crippen molar-refractivity contribution in [1.82, 2.24) is 10.2 Å². The third-order valence-electron chi connectivity index (χ3n) is 6.61. The van der Waals surface area contributed by atoms with Crippen LogP contribution in [0, 0.1) is 5.82 Å². The number of hydrogen-bond acceptors (Lipinski definition) is 6. The largest absolute Gasteiger partial charge is 0.493 e. The van der Waals surface area contributed by atoms with E-state index in [1.165, 1.54) is 49.5 Å². The Kier molecular flexibility index (Phi) is 12.1. The summed E-state index contributed by atoms with van der Waals surface area (Å²) in [7, 11) is -1.64. The zero-order valence-electron chi connectivity index (χ0n) is 24.3. The van der Waals surface area contributed by atoms with E-state index in [0.717, 1.165) is 16.4 Å². The first kappa shape index (κ1) is 34.0. The first-order valence-corrected chi connectivity index (χ1v) is 15.7. The number of ether oxygens (including phenoxy) is 2. The molecule has 3 aromatic carbocycles. The highest BCUT2D eigenvalue weighted by molar-refractivity contribution is 7.92. The van der Waals surface area contributed by atoms with Crippen molar-refractivity contribution in [2.75, 3.05) is 31.6 Å². The SMILES string of the molecule is CCCNC(=O)C(CC)N(Cc1ccc(Cl)c(Cl)c1)C(=O)CN(c1ccc(F)cc1)S(=O)(=O)c1ccc(OC)c(OC)c1. The van der Waals surface area contributed by atoms with Gasteiger partial charge in [-0.05, 0) is 66.9 Å². The Bertz CT molecular complexity index is 1540. The molecule has 0 fully saturated rings. The summed E-state index contributed by atoms with van der Waals surface area (Å²) in [6, 6.07) is 12.6. The van der Waals surface area contributed by atoms with Gasteiger partial charge in [-0.3, -0.25) is 13.9 Å². The van der Waals surface area contributed by atoms with Gasteiger partial charge in [-0.1, -0.05) is 43.1 Å². The van der Waals surface area contributed by atoms with Gasteiger partial charge in [0.05, 0.1) is 34.8 Å². The van der Waals surface area contributed by atoms with Crippen molar-refractivity contribution in [1.29, 1.82) is 0 Å². The molecule has 0 aliphatic heterocycles. The number of anilines is 1. The number of carbonyl (C=O) groups is 2. The van der Waals surface area contributed by atoms with Crippen LogP contribution in [0.3, 0.4) is 0 Å². The third-order valence-corrected chi connectivity index (χ3v) is 9.12. The lowest BCUT2D eigenvalue weighted by molar-refractivity contribution is -0.140. The number of sulfonamides is 1. The molecule has 0 bridgehead atoms. The smallest absolute Gasteiger partial charge is 0.264 e. The van der Waals surface area contributed by atoms with Crippen molar-refractivity contribution >= 4 is 50.7 Å². The van der Waals surface area contributed by atoms with Gasteiger partial charge in [-0.15, -0.1) is 0 Å². The van der Waals surface area contributed by atoms with Gasteiger partial charge in [-0.2, -0.15) is 0 Å². The summed E-state index contributed by atoms with van der Waals surface area (Å²) in [5.41, 5.74) is 0.628. The van der Waals surface area contributed by atoms with Crippen LogP contribution in [-0.2, 0) is 26.2 Å². The number of rotatable bonds is 14. The fraction of sp³-hybridized carbons (Fsp3) is 0.333. The van der Waals surface area contributed by atoms with Gasteiger partial charge in [0.2, 0.25) is 11.8 Å². The molecule has 0 aliphatic carbocycles. The Labute approximate surface area is 261 Å². The van der Waals surface area contributed by atoms with Crippen molar-refractivity contribution in [3.05, 3.63) is 82.1 Å². The maximum atomic E-state index is 14.1. The highest BCUT2D eigenvalue weighted by Gasteiger charge is 2.34. The van der Waals surface area contributed by atoms with Crippen LogP contribution in [0.5, 0.6) is 11.5 Å². The second-order valence-electron chi connectivity index (χ2n) is 9.49. The van der Waals surface area contributed by atoms with E-state index in [1.54, 1.807) is 25.1 Å². The molecule has 9 nitrogen and oxygen atoms in total. The maximum Gasteiger partial charge on any atom is 0.264 e. The zero-order valence-corrected chi connectivity index (χ0v) is 26.6. The summed E-state index contributed by atoms with van der Waals surface area (Å²) in [6.45, 7) is 3.31. The molecule has 0 aromatic heterocycles. The van der Waals surface area contributed by atoms with E-state index < -0.39 is 34.3 Å². The summed E-state index contributed by atoms with van der Waals surface area (Å²) >= 11 is 12.3. The first-order valence-electron chi connectivity index (χ1n) is 13.5. The number of halogens is 3. The van der Waals surface area contributed by atoms with Gasteiger partial charge < -0.3 is 19.7 Å². The lowest BCUT2D eigenvalue weighted by Crippen LogP contribution is -2.52. The third kappa shape index (κ3) is 8.31. The van der Waals surface area contributed by atoms with Crippen LogP contribution < -0.4 is 19.1 Å². The van der Waals surface area contributed by atoms with E-state index in [1.807, 2.05) is 6.92 Å². The molecule has 1 unspecified atom stereocenters. The van der Waals surface area contributed by atoms with Gasteiger partial charge in [0.25, 0.3) is 10.0 Å². The Morgan fingerprint density at radius 1 is 0.930 bits per heavy atom. The summed E-state index contributed by atoms with van der Waals surface area (Å²) < 4.78 is 53.3. The molecule has 3 aromatic rings. The number of carbonyl (C=O) groups excluding carboxylic acids is 2. The fourth-order valence-electron chi connectivity index (χ4n) is 4.36. The van der Waals surface area contributed by atoms with E-state index in [4.69, 9.17) is 32.7 Å². The van der Waals surface area contributed by atoms with Crippen molar-refractivity contribution in [3.8, 4) is 11.5 Å². The summed E-state index contributed by atoms with van der Waals surface area (Å²) in [5.74, 6) is -1.17. The molecule has 2 amide bonds. The number of amides is 2. The number of hydrogen-bond donors (Lipinski definition) is 1. The van der Waals surface area contributed by atoms with Crippen molar-refractivity contribution in [2.24, 2.45) is 0 Å². The predicted octanol–water partition coefficient (Wildman–Crippen LogP) is 5.68. The van der Waals surface area contributed by atoms with Crippen LogP contribution in [-0.4, -0.2) is 58.5 Å². The molecule has 43 heavy (non-hydrogen) atoms. The molecule has 1 atom stereocenters. The highest BCUT2D eigenvalue weighted by atomic mass is 35.5. The lowest BCUT2D eigenvalue weighted by atomic mass is 10.1. The average molecular weight is 655 g/mol. The van der Waals surface area contributed by atoms with Crippen LogP contribution in [0.1, 0.15) is 32.3 Å². The molecule has 3 rings (SSSR count). The zero-order chi connectivity index (χ0) is 31.7. The van der Waals surface area contributed by atoms with Gasteiger partial charge >= 0.3 is 0 Å². The van der Waals surface area contributed by atoms with Crippen molar-refractivity contribution < 1.29 is 31.9 Å². The molecule has 0 aliphatic rings. The molecule has 0 spiro atoms. The Hall–Kier alpha value is -3.54. The Balaban J connectivity index is 2.10. The van der Waals surface area contributed by atoms with E-state index in [2.05, 4.69) is 5.32 Å². The lowest BCUT2D eigenvalue weighted by Gasteiger charge is -2.33. The Morgan fingerprint density at radius 3 is 2.19 bits per heavy atom. The first-order chi connectivity index (χ1) is 20.5. The van der Waals surface area contributed by atoms with Gasteiger partial charge in [0, 0.05) is 19.2 Å². The number of nitrogens with zero attached hydrogens (tertiary/aromatic N) is 2. The highest BCUT2D eigenvalue weighted by Crippen LogP contribution is 2.32. The van der Waals surface area contributed by atoms with Crippen molar-refractivity contribution in [2.45, 2.75) is 44.2 Å². The Morgan fingerprint density at radius 2 is 1.60 bits per heavy atom.